The molecule has 4 aromatic carbocycles. The number of carboxylic acid groups (broad SMARTS) is 2. The van der Waals surface area contributed by atoms with Crippen LogP contribution in [0.4, 0.5) is 9.59 Å². The molecule has 2 amide bonds. The van der Waals surface area contributed by atoms with Crippen LogP contribution in [0.3, 0.4) is 0 Å². The number of hydrogen-bond acceptors (Lipinski definition) is 8. The van der Waals surface area contributed by atoms with Gasteiger partial charge in [0.2, 0.25) is 0 Å². The van der Waals surface area contributed by atoms with Crippen LogP contribution in [0, 0.1) is 0 Å². The summed E-state index contributed by atoms with van der Waals surface area (Å²) in [6.45, 7) is 1.43. The average molecular weight is 800 g/mol. The standard InChI is InChI=1S/2C21H24N2O4.Cu/c2*22-19(20(24)25)11-5-6-12-23-21(26)27-13-18-16-9-3-1-7-14(16)15-8-2-4-10-17(15)18;/h2*1-4,7-10,18-19H,5-6,11-13,22H2,(H,23,26)(H,24,25);/t2*19-;/m00./s1. The minimum atomic E-state index is -1.00. The van der Waals surface area contributed by atoms with Crippen molar-refractivity contribution >= 4 is 24.1 Å². The molecule has 0 saturated heterocycles. The van der Waals surface area contributed by atoms with E-state index in [0.29, 0.717) is 51.6 Å². The number of nitrogens with one attached hydrogen (secondary N) is 2. The molecule has 8 N–H and O–H groups in total. The molecule has 55 heavy (non-hydrogen) atoms. The molecule has 0 saturated carbocycles. The van der Waals surface area contributed by atoms with E-state index in [1.807, 2.05) is 48.5 Å². The minimum absolute atomic E-state index is 0. The Morgan fingerprint density at radius 1 is 0.527 bits per heavy atom. The number of alkyl carbamates (subject to hydrolysis) is 2. The van der Waals surface area contributed by atoms with Crippen LogP contribution in [0.25, 0.3) is 22.3 Å². The van der Waals surface area contributed by atoms with E-state index in [4.69, 9.17) is 31.2 Å². The Morgan fingerprint density at radius 2 is 0.818 bits per heavy atom. The molecule has 2 atom stereocenters. The van der Waals surface area contributed by atoms with Crippen molar-refractivity contribution in [3.05, 3.63) is 119 Å². The van der Waals surface area contributed by atoms with Gasteiger partial charge in [-0.25, -0.2) is 9.59 Å². The Hall–Kier alpha value is -5.20. The van der Waals surface area contributed by atoms with E-state index in [1.165, 1.54) is 44.5 Å². The van der Waals surface area contributed by atoms with Gasteiger partial charge >= 0.3 is 24.1 Å². The van der Waals surface area contributed by atoms with Crippen LogP contribution in [0.1, 0.15) is 72.6 Å². The first-order valence-corrected chi connectivity index (χ1v) is 18.3. The Labute approximate surface area is 331 Å². The molecule has 0 heterocycles. The molecule has 295 valence electrons. The summed E-state index contributed by atoms with van der Waals surface area (Å²) in [6, 6.07) is 31.0. The van der Waals surface area contributed by atoms with Crippen molar-refractivity contribution in [1.29, 1.82) is 0 Å². The normalized spacial score (nSPS) is 13.3. The predicted octanol–water partition coefficient (Wildman–Crippen LogP) is 6.21. The van der Waals surface area contributed by atoms with Gasteiger partial charge in [-0.05, 0) is 83.0 Å². The molecule has 0 spiro atoms. The van der Waals surface area contributed by atoms with E-state index >= 15 is 0 Å². The maximum Gasteiger partial charge on any atom is 0.407 e. The van der Waals surface area contributed by atoms with Gasteiger partial charge < -0.3 is 41.8 Å². The topological polar surface area (TPSA) is 203 Å². The summed E-state index contributed by atoms with van der Waals surface area (Å²) < 4.78 is 10.9. The molecule has 0 bridgehead atoms. The first-order valence-electron chi connectivity index (χ1n) is 18.3. The molecular weight excluding hydrogens is 752 g/mol. The number of ether oxygens (including phenoxy) is 2. The monoisotopic (exact) mass is 799 g/mol. The fourth-order valence-corrected chi connectivity index (χ4v) is 6.91. The summed E-state index contributed by atoms with van der Waals surface area (Å²) in [5.41, 5.74) is 20.4. The zero-order valence-corrected chi connectivity index (χ0v) is 31.4. The second kappa shape index (κ2) is 21.0. The molecule has 0 unspecified atom stereocenters. The number of nitrogens with two attached hydrogens (primary N) is 2. The van der Waals surface area contributed by atoms with E-state index in [0.717, 1.165) is 0 Å². The molecule has 2 aliphatic rings. The van der Waals surface area contributed by atoms with Crippen LogP contribution in [-0.4, -0.2) is 72.7 Å². The summed E-state index contributed by atoms with van der Waals surface area (Å²) in [7, 11) is 0. The number of fused-ring (bicyclic) bond motifs is 6. The number of hydrogen-bond donors (Lipinski definition) is 6. The second-order valence-corrected chi connectivity index (χ2v) is 13.4. The molecule has 1 radical (unpaired) electrons. The van der Waals surface area contributed by atoms with Crippen LogP contribution in [-0.2, 0) is 36.1 Å². The first-order chi connectivity index (χ1) is 26.2. The molecular formula is C42H48CuN4O8. The van der Waals surface area contributed by atoms with Crippen LogP contribution >= 0.6 is 0 Å². The quantitative estimate of drug-likeness (QED) is 0.0559. The summed E-state index contributed by atoms with van der Waals surface area (Å²) >= 11 is 0. The van der Waals surface area contributed by atoms with Crippen LogP contribution in [0.5, 0.6) is 0 Å². The molecule has 0 aliphatic heterocycles. The summed E-state index contributed by atoms with van der Waals surface area (Å²) in [6.07, 6.45) is 2.45. The Morgan fingerprint density at radius 3 is 1.11 bits per heavy atom. The Balaban J connectivity index is 0.000000240. The van der Waals surface area contributed by atoms with Crippen molar-refractivity contribution in [1.82, 2.24) is 10.6 Å². The Kier molecular flexibility index (Phi) is 16.3. The van der Waals surface area contributed by atoms with Crippen LogP contribution in [0.15, 0.2) is 97.1 Å². The number of carbonyl (C=O) groups is 4. The largest absolute Gasteiger partial charge is 0.480 e. The van der Waals surface area contributed by atoms with Crippen molar-refractivity contribution in [2.24, 2.45) is 11.5 Å². The zero-order chi connectivity index (χ0) is 38.5. The smallest absolute Gasteiger partial charge is 0.407 e. The third-order valence-corrected chi connectivity index (χ3v) is 9.74. The van der Waals surface area contributed by atoms with Crippen molar-refractivity contribution < 1.29 is 55.9 Å². The number of benzene rings is 4. The number of carbonyl (C=O) groups excluding carboxylic acids is 2. The van der Waals surface area contributed by atoms with Crippen molar-refractivity contribution in [3.63, 3.8) is 0 Å². The first kappa shape index (κ1) is 42.5. The molecule has 12 nitrogen and oxygen atoms in total. The summed E-state index contributed by atoms with van der Waals surface area (Å²) in [5, 5.41) is 22.9. The third-order valence-electron chi connectivity index (χ3n) is 9.74. The van der Waals surface area contributed by atoms with E-state index in [-0.39, 0.29) is 42.1 Å². The molecule has 2 aliphatic carbocycles. The second-order valence-electron chi connectivity index (χ2n) is 13.4. The van der Waals surface area contributed by atoms with Gasteiger partial charge in [-0.2, -0.15) is 0 Å². The molecule has 13 heteroatoms. The average Bonchev–Trinajstić information content (AvgIpc) is 3.68. The Bertz CT molecular complexity index is 1700. The van der Waals surface area contributed by atoms with E-state index in [2.05, 4.69) is 59.2 Å². The van der Waals surface area contributed by atoms with Gasteiger partial charge in [0.1, 0.15) is 25.3 Å². The predicted molar refractivity (Wildman–Crippen MR) is 205 cm³/mol. The van der Waals surface area contributed by atoms with Gasteiger partial charge in [-0.15, -0.1) is 0 Å². The number of rotatable bonds is 16. The molecule has 0 fully saturated rings. The van der Waals surface area contributed by atoms with Gasteiger partial charge in [0.05, 0.1) is 0 Å². The van der Waals surface area contributed by atoms with Crippen molar-refractivity contribution in [2.75, 3.05) is 26.3 Å². The molecule has 6 rings (SSSR count). The minimum Gasteiger partial charge on any atom is -0.480 e. The fraction of sp³-hybridized carbons (Fsp3) is 0.333. The summed E-state index contributed by atoms with van der Waals surface area (Å²) in [5.74, 6) is -1.92. The van der Waals surface area contributed by atoms with Gasteiger partial charge in [-0.1, -0.05) is 97.1 Å². The van der Waals surface area contributed by atoms with Gasteiger partial charge in [-0.3, -0.25) is 9.59 Å². The van der Waals surface area contributed by atoms with Crippen molar-refractivity contribution in [3.8, 4) is 22.3 Å². The molecule has 4 aromatic rings. The maximum absolute atomic E-state index is 12.0. The number of aliphatic carboxylic acids is 2. The number of carboxylic acids is 2. The van der Waals surface area contributed by atoms with E-state index in [9.17, 15) is 19.2 Å². The van der Waals surface area contributed by atoms with Gasteiger partial charge in [0.25, 0.3) is 0 Å². The third kappa shape index (κ3) is 11.4. The summed E-state index contributed by atoms with van der Waals surface area (Å²) in [4.78, 5) is 45.2. The van der Waals surface area contributed by atoms with E-state index < -0.39 is 36.2 Å². The van der Waals surface area contributed by atoms with Crippen molar-refractivity contribution in [2.45, 2.75) is 62.4 Å². The zero-order valence-electron chi connectivity index (χ0n) is 30.4. The van der Waals surface area contributed by atoms with E-state index in [1.54, 1.807) is 0 Å². The number of amides is 2. The van der Waals surface area contributed by atoms with Gasteiger partial charge in [0, 0.05) is 42.0 Å². The maximum atomic E-state index is 12.0. The van der Waals surface area contributed by atoms with Crippen LogP contribution in [0.2, 0.25) is 0 Å². The van der Waals surface area contributed by atoms with Gasteiger partial charge in [0.15, 0.2) is 0 Å². The fourth-order valence-electron chi connectivity index (χ4n) is 6.91. The SMILES string of the molecule is N[C@@H](CCCCNC(=O)OCC1c2ccccc2-c2ccccc21)C(=O)O.N[C@@H](CCCCNC(=O)OCC1c2ccccc2-c2ccccc21)C(=O)O.[Cu]. The molecule has 0 aromatic heterocycles. The number of unbranched alkanes of at least 4 members (excludes halogenated alkanes) is 2. The van der Waals surface area contributed by atoms with Crippen LogP contribution < -0.4 is 22.1 Å².